The molecule has 1 aromatic carbocycles. The molecular formula is C18H18FN3O3. The standard InChI is InChI=1S/C18H18FN3O3/c19-14-6-1-2-7-15(14)22-17(12-23-11-13-5-3-9-24-13)20-18(21-22)16-8-4-10-25-16/h1-2,4,6-8,10,13H,3,5,9,11-12H2. The summed E-state index contributed by atoms with van der Waals surface area (Å²) >= 11 is 0. The lowest BCUT2D eigenvalue weighted by atomic mass is 10.2. The van der Waals surface area contributed by atoms with Crippen LogP contribution in [0.25, 0.3) is 17.3 Å². The summed E-state index contributed by atoms with van der Waals surface area (Å²) in [4.78, 5) is 4.46. The predicted molar refractivity (Wildman–Crippen MR) is 87.6 cm³/mol. The Hall–Kier alpha value is -2.51. The molecule has 3 heterocycles. The second-order valence-corrected chi connectivity index (χ2v) is 5.84. The summed E-state index contributed by atoms with van der Waals surface area (Å²) < 4.78 is 32.3. The van der Waals surface area contributed by atoms with Crippen LogP contribution >= 0.6 is 0 Å². The Balaban J connectivity index is 1.60. The maximum absolute atomic E-state index is 14.2. The largest absolute Gasteiger partial charge is 0.461 e. The number of hydrogen-bond acceptors (Lipinski definition) is 5. The molecule has 0 bridgehead atoms. The van der Waals surface area contributed by atoms with Crippen LogP contribution in [0.15, 0.2) is 47.1 Å². The molecule has 4 rings (SSSR count). The fraction of sp³-hybridized carbons (Fsp3) is 0.333. The van der Waals surface area contributed by atoms with E-state index >= 15 is 0 Å². The molecule has 1 aliphatic heterocycles. The molecule has 6 nitrogen and oxygen atoms in total. The minimum absolute atomic E-state index is 0.120. The van der Waals surface area contributed by atoms with Crippen LogP contribution in [-0.4, -0.2) is 34.1 Å². The van der Waals surface area contributed by atoms with Gasteiger partial charge in [0.1, 0.15) is 18.1 Å². The van der Waals surface area contributed by atoms with E-state index in [0.717, 1.165) is 19.4 Å². The summed E-state index contributed by atoms with van der Waals surface area (Å²) in [5, 5.41) is 4.39. The monoisotopic (exact) mass is 343 g/mol. The van der Waals surface area contributed by atoms with E-state index in [0.29, 0.717) is 29.7 Å². The maximum atomic E-state index is 14.2. The van der Waals surface area contributed by atoms with Gasteiger partial charge in [-0.3, -0.25) is 0 Å². The van der Waals surface area contributed by atoms with Crippen LogP contribution < -0.4 is 0 Å². The highest BCUT2D eigenvalue weighted by Gasteiger charge is 2.19. The van der Waals surface area contributed by atoms with Crippen LogP contribution in [0.5, 0.6) is 0 Å². The van der Waals surface area contributed by atoms with E-state index in [1.54, 1.807) is 36.6 Å². The van der Waals surface area contributed by atoms with Gasteiger partial charge >= 0.3 is 0 Å². The molecule has 0 N–H and O–H groups in total. The molecule has 130 valence electrons. The first kappa shape index (κ1) is 16.0. The van der Waals surface area contributed by atoms with Crippen molar-refractivity contribution in [2.24, 2.45) is 0 Å². The Labute approximate surface area is 144 Å². The van der Waals surface area contributed by atoms with Crippen LogP contribution in [-0.2, 0) is 16.1 Å². The molecule has 25 heavy (non-hydrogen) atoms. The summed E-state index contributed by atoms with van der Waals surface area (Å²) in [6.45, 7) is 1.48. The zero-order chi connectivity index (χ0) is 17.1. The Bertz CT molecular complexity index is 826. The fourth-order valence-corrected chi connectivity index (χ4v) is 2.82. The lowest BCUT2D eigenvalue weighted by Gasteiger charge is -2.10. The van der Waals surface area contributed by atoms with Crippen molar-refractivity contribution in [2.75, 3.05) is 13.2 Å². The molecule has 0 radical (unpaired) electrons. The van der Waals surface area contributed by atoms with E-state index < -0.39 is 0 Å². The number of benzene rings is 1. The molecular weight excluding hydrogens is 325 g/mol. The Morgan fingerprint density at radius 2 is 2.16 bits per heavy atom. The molecule has 1 atom stereocenters. The van der Waals surface area contributed by atoms with Gasteiger partial charge in [0.2, 0.25) is 5.82 Å². The van der Waals surface area contributed by atoms with Crippen molar-refractivity contribution in [3.8, 4) is 17.3 Å². The summed E-state index contributed by atoms with van der Waals surface area (Å²) in [6, 6.07) is 9.95. The van der Waals surface area contributed by atoms with Gasteiger partial charge in [0.25, 0.3) is 0 Å². The molecule has 0 spiro atoms. The van der Waals surface area contributed by atoms with Crippen LogP contribution in [0.3, 0.4) is 0 Å². The first-order valence-electron chi connectivity index (χ1n) is 8.25. The summed E-state index contributed by atoms with van der Waals surface area (Å²) in [6.07, 6.45) is 3.72. The molecule has 2 aromatic heterocycles. The van der Waals surface area contributed by atoms with Crippen molar-refractivity contribution >= 4 is 0 Å². The van der Waals surface area contributed by atoms with Gasteiger partial charge in [0.15, 0.2) is 11.6 Å². The summed E-state index contributed by atoms with van der Waals surface area (Å²) in [7, 11) is 0. The molecule has 1 unspecified atom stereocenters. The number of para-hydroxylation sites is 1. The van der Waals surface area contributed by atoms with Crippen LogP contribution in [0.1, 0.15) is 18.7 Å². The number of ether oxygens (including phenoxy) is 2. The fourth-order valence-electron chi connectivity index (χ4n) is 2.82. The summed E-state index contributed by atoms with van der Waals surface area (Å²) in [5.41, 5.74) is 0.323. The average molecular weight is 343 g/mol. The first-order valence-corrected chi connectivity index (χ1v) is 8.25. The van der Waals surface area contributed by atoms with Crippen LogP contribution in [0.2, 0.25) is 0 Å². The number of nitrogens with zero attached hydrogens (tertiary/aromatic N) is 3. The van der Waals surface area contributed by atoms with E-state index in [9.17, 15) is 4.39 Å². The van der Waals surface area contributed by atoms with Crippen molar-refractivity contribution in [3.05, 3.63) is 54.3 Å². The molecule has 0 aliphatic carbocycles. The number of hydrogen-bond donors (Lipinski definition) is 0. The van der Waals surface area contributed by atoms with E-state index in [1.165, 1.54) is 10.7 Å². The topological polar surface area (TPSA) is 62.3 Å². The Morgan fingerprint density at radius 1 is 1.24 bits per heavy atom. The van der Waals surface area contributed by atoms with E-state index in [-0.39, 0.29) is 18.5 Å². The number of furan rings is 1. The Morgan fingerprint density at radius 3 is 2.92 bits per heavy atom. The van der Waals surface area contributed by atoms with Gasteiger partial charge in [0.05, 0.1) is 19.0 Å². The zero-order valence-corrected chi connectivity index (χ0v) is 13.6. The summed E-state index contributed by atoms with van der Waals surface area (Å²) in [5.74, 6) is 1.05. The second kappa shape index (κ2) is 7.16. The highest BCUT2D eigenvalue weighted by molar-refractivity contribution is 5.47. The van der Waals surface area contributed by atoms with Crippen molar-refractivity contribution in [2.45, 2.75) is 25.6 Å². The molecule has 1 saturated heterocycles. The Kier molecular flexibility index (Phi) is 4.58. The van der Waals surface area contributed by atoms with Crippen LogP contribution in [0.4, 0.5) is 4.39 Å². The van der Waals surface area contributed by atoms with Gasteiger partial charge in [-0.1, -0.05) is 12.1 Å². The minimum Gasteiger partial charge on any atom is -0.461 e. The lowest BCUT2D eigenvalue weighted by molar-refractivity contribution is 0.00816. The van der Waals surface area contributed by atoms with Gasteiger partial charge in [-0.2, -0.15) is 0 Å². The van der Waals surface area contributed by atoms with Crippen molar-refractivity contribution in [3.63, 3.8) is 0 Å². The third kappa shape index (κ3) is 3.47. The molecule has 0 amide bonds. The van der Waals surface area contributed by atoms with Crippen molar-refractivity contribution in [1.29, 1.82) is 0 Å². The maximum Gasteiger partial charge on any atom is 0.217 e. The second-order valence-electron chi connectivity index (χ2n) is 5.84. The number of rotatable bonds is 6. The quantitative estimate of drug-likeness (QED) is 0.687. The third-order valence-corrected chi connectivity index (χ3v) is 4.06. The first-order chi connectivity index (χ1) is 12.3. The van der Waals surface area contributed by atoms with E-state index in [4.69, 9.17) is 13.9 Å². The van der Waals surface area contributed by atoms with Crippen LogP contribution in [0, 0.1) is 5.82 Å². The van der Waals surface area contributed by atoms with Crippen molar-refractivity contribution in [1.82, 2.24) is 14.8 Å². The molecule has 0 saturated carbocycles. The lowest BCUT2D eigenvalue weighted by Crippen LogP contribution is -2.15. The van der Waals surface area contributed by atoms with E-state index in [1.807, 2.05) is 0 Å². The minimum atomic E-state index is -0.376. The highest BCUT2D eigenvalue weighted by Crippen LogP contribution is 2.21. The smallest absolute Gasteiger partial charge is 0.217 e. The SMILES string of the molecule is Fc1ccccc1-n1nc(-c2ccco2)nc1COCC1CCCO1. The normalized spacial score (nSPS) is 17.2. The van der Waals surface area contributed by atoms with Gasteiger partial charge in [-0.25, -0.2) is 14.1 Å². The number of halogens is 1. The third-order valence-electron chi connectivity index (χ3n) is 4.06. The molecule has 1 fully saturated rings. The number of aromatic nitrogens is 3. The van der Waals surface area contributed by atoms with Gasteiger partial charge in [0, 0.05) is 6.61 Å². The van der Waals surface area contributed by atoms with Crippen molar-refractivity contribution < 1.29 is 18.3 Å². The molecule has 7 heteroatoms. The van der Waals surface area contributed by atoms with Gasteiger partial charge in [-0.05, 0) is 37.1 Å². The average Bonchev–Trinajstić information content (AvgIpc) is 3.37. The zero-order valence-electron chi connectivity index (χ0n) is 13.6. The van der Waals surface area contributed by atoms with E-state index in [2.05, 4.69) is 10.1 Å². The highest BCUT2D eigenvalue weighted by atomic mass is 19.1. The predicted octanol–water partition coefficient (Wildman–Crippen LogP) is 3.36. The molecule has 3 aromatic rings. The van der Waals surface area contributed by atoms with Gasteiger partial charge < -0.3 is 13.9 Å². The van der Waals surface area contributed by atoms with Gasteiger partial charge in [-0.15, -0.1) is 5.10 Å². The molecule has 1 aliphatic rings.